The van der Waals surface area contributed by atoms with Crippen molar-refractivity contribution < 1.29 is 19.1 Å². The molecule has 6 heteroatoms. The lowest BCUT2D eigenvalue weighted by Gasteiger charge is -2.25. The van der Waals surface area contributed by atoms with Crippen LogP contribution in [0.1, 0.15) is 54.9 Å². The molecule has 0 bridgehead atoms. The second kappa shape index (κ2) is 11.3. The van der Waals surface area contributed by atoms with E-state index in [0.717, 1.165) is 37.7 Å². The van der Waals surface area contributed by atoms with Gasteiger partial charge in [-0.2, -0.15) is 0 Å². The molecule has 2 amide bonds. The topological polar surface area (TPSA) is 84.5 Å². The summed E-state index contributed by atoms with van der Waals surface area (Å²) < 4.78 is 5.03. The zero-order valence-electron chi connectivity index (χ0n) is 17.9. The van der Waals surface area contributed by atoms with E-state index in [1.807, 2.05) is 30.3 Å². The van der Waals surface area contributed by atoms with Gasteiger partial charge in [0.2, 0.25) is 11.8 Å². The van der Waals surface area contributed by atoms with Gasteiger partial charge in [-0.3, -0.25) is 9.59 Å². The fourth-order valence-electron chi connectivity index (χ4n) is 3.88. The molecule has 0 aromatic heterocycles. The molecule has 31 heavy (non-hydrogen) atoms. The minimum Gasteiger partial charge on any atom is -0.462 e. The van der Waals surface area contributed by atoms with Crippen LogP contribution in [-0.4, -0.2) is 30.4 Å². The summed E-state index contributed by atoms with van der Waals surface area (Å²) in [5.41, 5.74) is 1.82. The standard InChI is InChI=1S/C25H30N2O4/c1-2-31-25(30)20-14-9-15-21(17-20)26-24(29)22(16-18-10-5-3-6-11-18)27-23(28)19-12-7-4-8-13-19/h3,5-6,9-11,14-15,17,19,22H,2,4,7-8,12-13,16H2,1H3,(H,26,29)(H,27,28). The van der Waals surface area contributed by atoms with Crippen LogP contribution in [0.25, 0.3) is 0 Å². The molecule has 0 spiro atoms. The van der Waals surface area contributed by atoms with E-state index in [1.165, 1.54) is 0 Å². The van der Waals surface area contributed by atoms with E-state index in [-0.39, 0.29) is 24.3 Å². The molecule has 2 aromatic carbocycles. The minimum atomic E-state index is -0.705. The third-order valence-electron chi connectivity index (χ3n) is 5.53. The molecule has 0 radical (unpaired) electrons. The first-order chi connectivity index (χ1) is 15.1. The van der Waals surface area contributed by atoms with Crippen molar-refractivity contribution in [2.24, 2.45) is 5.92 Å². The van der Waals surface area contributed by atoms with Crippen LogP contribution >= 0.6 is 0 Å². The van der Waals surface area contributed by atoms with E-state index in [1.54, 1.807) is 31.2 Å². The maximum atomic E-state index is 13.1. The number of amides is 2. The first kappa shape index (κ1) is 22.5. The Bertz CT molecular complexity index is 891. The normalized spacial score (nSPS) is 15.0. The van der Waals surface area contributed by atoms with Gasteiger partial charge in [0.05, 0.1) is 12.2 Å². The zero-order chi connectivity index (χ0) is 22.1. The van der Waals surface area contributed by atoms with Crippen LogP contribution in [0.4, 0.5) is 5.69 Å². The molecule has 164 valence electrons. The second-order valence-electron chi connectivity index (χ2n) is 7.88. The smallest absolute Gasteiger partial charge is 0.338 e. The number of carbonyl (C=O) groups excluding carboxylic acids is 3. The van der Waals surface area contributed by atoms with Crippen LogP contribution in [0, 0.1) is 5.92 Å². The van der Waals surface area contributed by atoms with Crippen molar-refractivity contribution in [2.45, 2.75) is 51.5 Å². The predicted octanol–water partition coefficient (Wildman–Crippen LogP) is 4.11. The molecule has 3 rings (SSSR count). The highest BCUT2D eigenvalue weighted by atomic mass is 16.5. The SMILES string of the molecule is CCOC(=O)c1cccc(NC(=O)C(Cc2ccccc2)NC(=O)C2CCCCC2)c1. The number of hydrogen-bond acceptors (Lipinski definition) is 4. The molecule has 1 atom stereocenters. The van der Waals surface area contributed by atoms with Crippen LogP contribution in [0.15, 0.2) is 54.6 Å². The summed E-state index contributed by atoms with van der Waals surface area (Å²) in [6.45, 7) is 2.02. The number of hydrogen-bond donors (Lipinski definition) is 2. The quantitative estimate of drug-likeness (QED) is 0.627. The summed E-state index contributed by atoms with van der Waals surface area (Å²) in [6.07, 6.45) is 5.39. The molecule has 1 aliphatic rings. The van der Waals surface area contributed by atoms with Gasteiger partial charge in [0.15, 0.2) is 0 Å². The third kappa shape index (κ3) is 6.67. The Morgan fingerprint density at radius 3 is 2.45 bits per heavy atom. The number of benzene rings is 2. The van der Waals surface area contributed by atoms with Crippen molar-refractivity contribution in [2.75, 3.05) is 11.9 Å². The van der Waals surface area contributed by atoms with Crippen molar-refractivity contribution in [3.8, 4) is 0 Å². The van der Waals surface area contributed by atoms with E-state index in [9.17, 15) is 14.4 Å². The number of rotatable bonds is 8. The summed E-state index contributed by atoms with van der Waals surface area (Å²) in [7, 11) is 0. The molecular weight excluding hydrogens is 392 g/mol. The highest BCUT2D eigenvalue weighted by molar-refractivity contribution is 5.99. The Hall–Kier alpha value is -3.15. The van der Waals surface area contributed by atoms with Crippen LogP contribution in [0.3, 0.4) is 0 Å². The van der Waals surface area contributed by atoms with Gasteiger partial charge in [0.25, 0.3) is 0 Å². The van der Waals surface area contributed by atoms with E-state index in [0.29, 0.717) is 17.7 Å². The average molecular weight is 423 g/mol. The highest BCUT2D eigenvalue weighted by Crippen LogP contribution is 2.24. The molecule has 6 nitrogen and oxygen atoms in total. The van der Waals surface area contributed by atoms with Crippen molar-refractivity contribution >= 4 is 23.5 Å². The highest BCUT2D eigenvalue weighted by Gasteiger charge is 2.27. The fourth-order valence-corrected chi connectivity index (χ4v) is 3.88. The number of anilines is 1. The molecule has 1 aliphatic carbocycles. The first-order valence-corrected chi connectivity index (χ1v) is 11.0. The maximum absolute atomic E-state index is 13.1. The molecule has 0 aliphatic heterocycles. The van der Waals surface area contributed by atoms with Gasteiger partial charge in [-0.05, 0) is 43.5 Å². The van der Waals surface area contributed by atoms with Gasteiger partial charge in [-0.15, -0.1) is 0 Å². The van der Waals surface area contributed by atoms with E-state index in [4.69, 9.17) is 4.74 Å². The maximum Gasteiger partial charge on any atom is 0.338 e. The lowest BCUT2D eigenvalue weighted by molar-refractivity contribution is -0.130. The summed E-state index contributed by atoms with van der Waals surface area (Å²) >= 11 is 0. The van der Waals surface area contributed by atoms with Gasteiger partial charge in [0, 0.05) is 18.0 Å². The average Bonchev–Trinajstić information content (AvgIpc) is 2.80. The largest absolute Gasteiger partial charge is 0.462 e. The Morgan fingerprint density at radius 2 is 1.74 bits per heavy atom. The van der Waals surface area contributed by atoms with Crippen molar-refractivity contribution in [1.82, 2.24) is 5.32 Å². The summed E-state index contributed by atoms with van der Waals surface area (Å²) in [6, 6.07) is 15.5. The number of ether oxygens (including phenoxy) is 1. The Balaban J connectivity index is 1.73. The second-order valence-corrected chi connectivity index (χ2v) is 7.88. The van der Waals surface area contributed by atoms with Crippen LogP contribution in [0.5, 0.6) is 0 Å². The summed E-state index contributed by atoms with van der Waals surface area (Å²) in [5.74, 6) is -0.845. The van der Waals surface area contributed by atoms with E-state index in [2.05, 4.69) is 10.6 Å². The minimum absolute atomic E-state index is 0.0352. The van der Waals surface area contributed by atoms with Crippen LogP contribution in [0.2, 0.25) is 0 Å². The molecule has 0 heterocycles. The number of nitrogens with one attached hydrogen (secondary N) is 2. The monoisotopic (exact) mass is 422 g/mol. The molecule has 1 fully saturated rings. The molecular formula is C25H30N2O4. The zero-order valence-corrected chi connectivity index (χ0v) is 17.9. The molecule has 2 aromatic rings. The lowest BCUT2D eigenvalue weighted by atomic mass is 9.88. The van der Waals surface area contributed by atoms with Crippen molar-refractivity contribution in [3.05, 3.63) is 65.7 Å². The van der Waals surface area contributed by atoms with Crippen LogP contribution < -0.4 is 10.6 Å². The lowest BCUT2D eigenvalue weighted by Crippen LogP contribution is -2.47. The van der Waals surface area contributed by atoms with Crippen molar-refractivity contribution in [3.63, 3.8) is 0 Å². The predicted molar refractivity (Wildman–Crippen MR) is 120 cm³/mol. The Labute approximate surface area is 183 Å². The first-order valence-electron chi connectivity index (χ1n) is 11.0. The summed E-state index contributed by atoms with van der Waals surface area (Å²) in [5, 5.41) is 5.82. The molecule has 2 N–H and O–H groups in total. The van der Waals surface area contributed by atoms with Gasteiger partial charge in [-0.1, -0.05) is 55.7 Å². The number of esters is 1. The summed E-state index contributed by atoms with van der Waals surface area (Å²) in [4.78, 5) is 37.9. The van der Waals surface area contributed by atoms with Gasteiger partial charge in [-0.25, -0.2) is 4.79 Å². The molecule has 1 unspecified atom stereocenters. The van der Waals surface area contributed by atoms with Crippen molar-refractivity contribution in [1.29, 1.82) is 0 Å². The van der Waals surface area contributed by atoms with Gasteiger partial charge in [0.1, 0.15) is 6.04 Å². The Kier molecular flexibility index (Phi) is 8.21. The molecule has 1 saturated carbocycles. The van der Waals surface area contributed by atoms with Gasteiger partial charge >= 0.3 is 5.97 Å². The fraction of sp³-hybridized carbons (Fsp3) is 0.400. The van der Waals surface area contributed by atoms with Crippen LogP contribution in [-0.2, 0) is 20.7 Å². The van der Waals surface area contributed by atoms with Gasteiger partial charge < -0.3 is 15.4 Å². The Morgan fingerprint density at radius 1 is 1.00 bits per heavy atom. The number of carbonyl (C=O) groups is 3. The molecule has 0 saturated heterocycles. The van der Waals surface area contributed by atoms with E-state index < -0.39 is 12.0 Å². The third-order valence-corrected chi connectivity index (χ3v) is 5.53. The van der Waals surface area contributed by atoms with E-state index >= 15 is 0 Å².